The third kappa shape index (κ3) is 7.76. The molecule has 1 spiro atoms. The fourth-order valence-corrected chi connectivity index (χ4v) is 15.4. The van der Waals surface area contributed by atoms with Gasteiger partial charge < -0.3 is 44.8 Å². The number of piperidine rings is 1. The average Bonchev–Trinajstić information content (AvgIpc) is 4.20. The molecule has 72 heavy (non-hydrogen) atoms. The lowest BCUT2D eigenvalue weighted by molar-refractivity contribution is -0.384. The number of amides is 1. The topological polar surface area (TPSA) is 211 Å². The summed E-state index contributed by atoms with van der Waals surface area (Å²) in [7, 11) is -4.76. The summed E-state index contributed by atoms with van der Waals surface area (Å²) in [5.74, 6) is -0.743. The van der Waals surface area contributed by atoms with Crippen molar-refractivity contribution in [3.63, 3.8) is 0 Å². The largest absolute Gasteiger partial charge is 0.489 e. The molecule has 378 valence electrons. The first-order valence-electron chi connectivity index (χ1n) is 25.8. The van der Waals surface area contributed by atoms with Crippen LogP contribution in [0.4, 0.5) is 28.4 Å². The van der Waals surface area contributed by atoms with Crippen LogP contribution >= 0.6 is 0 Å². The van der Waals surface area contributed by atoms with Crippen molar-refractivity contribution in [2.75, 3.05) is 80.8 Å². The van der Waals surface area contributed by atoms with Crippen molar-refractivity contribution in [3.8, 4) is 11.6 Å². The zero-order chi connectivity index (χ0) is 49.0. The Hall–Kier alpha value is -5.99. The molecule has 1 saturated carbocycles. The molecule has 3 aromatic carbocycles. The Morgan fingerprint density at radius 2 is 1.83 bits per heavy atom. The van der Waals surface area contributed by atoms with Gasteiger partial charge in [-0.15, -0.1) is 0 Å². The lowest BCUT2D eigenvalue weighted by atomic mass is 9.59. The number of hydrogen-bond acceptors (Lipinski definition) is 15. The highest BCUT2D eigenvalue weighted by atomic mass is 32.2. The Kier molecular flexibility index (Phi) is 11.2. The number of nitrogens with zero attached hydrogens (tertiary/aromatic N) is 6. The van der Waals surface area contributed by atoms with E-state index in [1.807, 2.05) is 17.0 Å². The Labute approximate surface area is 418 Å². The van der Waals surface area contributed by atoms with Crippen LogP contribution in [0.25, 0.3) is 11.0 Å². The monoisotopic (exact) mass is 999 g/mol. The number of fused-ring (bicyclic) bond motifs is 6. The number of nitrogens with one attached hydrogen (secondary N) is 2. The van der Waals surface area contributed by atoms with Crippen LogP contribution in [-0.2, 0) is 19.3 Å². The molecule has 9 heterocycles. The molecule has 1 aliphatic carbocycles. The molecule has 7 aliphatic heterocycles. The van der Waals surface area contributed by atoms with Crippen LogP contribution < -0.4 is 30.3 Å². The van der Waals surface area contributed by atoms with E-state index in [2.05, 4.69) is 56.2 Å². The van der Waals surface area contributed by atoms with Crippen LogP contribution in [-0.4, -0.2) is 135 Å². The van der Waals surface area contributed by atoms with Gasteiger partial charge in [-0.25, -0.2) is 8.42 Å². The maximum Gasteiger partial charge on any atom is 0.297 e. The number of hydrogen-bond donors (Lipinski definition) is 3. The fraction of sp³-hybridized carbons (Fsp3) is 0.509. The minimum absolute atomic E-state index is 0.0222. The number of primary amides is 1. The third-order valence-electron chi connectivity index (χ3n) is 17.4. The number of likely N-dealkylation sites (tertiary alicyclic amines) is 2. The number of morpholine rings is 1. The molecule has 13 rings (SSSR count). The maximum absolute atomic E-state index is 16.2. The summed E-state index contributed by atoms with van der Waals surface area (Å²) in [6.07, 6.45) is 9.39. The van der Waals surface area contributed by atoms with Gasteiger partial charge in [-0.1, -0.05) is 24.3 Å². The van der Waals surface area contributed by atoms with Gasteiger partial charge in [-0.05, 0) is 99.2 Å². The highest BCUT2D eigenvalue weighted by Gasteiger charge is 2.51. The van der Waals surface area contributed by atoms with Crippen LogP contribution in [0.5, 0.6) is 11.6 Å². The second-order valence-corrected chi connectivity index (χ2v) is 23.5. The molecule has 2 aromatic heterocycles. The number of anilines is 4. The van der Waals surface area contributed by atoms with Crippen LogP contribution in [0.1, 0.15) is 78.9 Å². The number of nitrogens with two attached hydrogens (primary N) is 1. The number of nitro groups is 1. The van der Waals surface area contributed by atoms with Crippen molar-refractivity contribution in [1.29, 1.82) is 0 Å². The quantitative estimate of drug-likeness (QED) is 0.0962. The summed E-state index contributed by atoms with van der Waals surface area (Å²) in [4.78, 5) is 43.0. The summed E-state index contributed by atoms with van der Waals surface area (Å²) >= 11 is 0. The highest BCUT2D eigenvalue weighted by Crippen LogP contribution is 2.56. The molecule has 8 aliphatic rings. The van der Waals surface area contributed by atoms with Crippen LogP contribution in [0, 0.1) is 28.4 Å². The van der Waals surface area contributed by atoms with Crippen molar-refractivity contribution in [2.45, 2.75) is 104 Å². The van der Waals surface area contributed by atoms with E-state index in [9.17, 15) is 14.9 Å². The first-order chi connectivity index (χ1) is 34.9. The average molecular weight is 1000 g/mol. The number of rotatable bonds is 10. The first-order valence-corrected chi connectivity index (χ1v) is 27.2. The van der Waals surface area contributed by atoms with Crippen LogP contribution in [0.15, 0.2) is 76.7 Å². The molecular formula is C53H61N9O9S. The van der Waals surface area contributed by atoms with Gasteiger partial charge in [-0.3, -0.25) is 24.7 Å². The number of aryl methyl sites for hydroxylation is 1. The summed E-state index contributed by atoms with van der Waals surface area (Å²) in [6.45, 7) is 7.65. The van der Waals surface area contributed by atoms with Gasteiger partial charge in [0.1, 0.15) is 28.9 Å². The van der Waals surface area contributed by atoms with Crippen LogP contribution in [0.3, 0.4) is 0 Å². The number of carbonyl (C=O) groups is 1. The molecule has 1 amide bonds. The van der Waals surface area contributed by atoms with E-state index in [0.717, 1.165) is 63.1 Å². The second-order valence-electron chi connectivity index (χ2n) is 21.6. The number of H-pyrrole nitrogens is 1. The number of sulfone groups is 1. The van der Waals surface area contributed by atoms with E-state index in [-0.39, 0.29) is 87.1 Å². The lowest BCUT2D eigenvalue weighted by Crippen LogP contribution is -2.55. The molecule has 2 bridgehead atoms. The molecule has 5 saturated heterocycles. The van der Waals surface area contributed by atoms with Gasteiger partial charge in [0.2, 0.25) is 15.7 Å². The Morgan fingerprint density at radius 3 is 2.61 bits per heavy atom. The van der Waals surface area contributed by atoms with Gasteiger partial charge in [0.05, 0.1) is 58.7 Å². The normalized spacial score (nSPS) is 27.1. The zero-order valence-electron chi connectivity index (χ0n) is 40.5. The summed E-state index contributed by atoms with van der Waals surface area (Å²) < 4.78 is 57.1. The maximum atomic E-state index is 16.2. The van der Waals surface area contributed by atoms with E-state index >= 15 is 8.42 Å². The SMILES string of the molecule is Cc1ccccc1[C@@H]1CCCN1C1CC2(CCN(c3ccc(C(N)=O)c(N4C[C@H]5COCC[C@H]5Oc5nc6[nH]ccc6cc54)c3S(=O)(=O)c3cc4c(c([N+](=O)[O-])c3)N[C@@H](CN3C[C@H]5C[C@@H]3CO5)CO4)CC2)C1. The molecule has 6 fully saturated rings. The number of aromatic amines is 1. The van der Waals surface area contributed by atoms with E-state index in [1.54, 1.807) is 18.3 Å². The fourth-order valence-electron chi connectivity index (χ4n) is 13.7. The van der Waals surface area contributed by atoms with Gasteiger partial charge in [0.15, 0.2) is 11.4 Å². The molecule has 19 heteroatoms. The van der Waals surface area contributed by atoms with E-state index in [0.29, 0.717) is 75.0 Å². The summed E-state index contributed by atoms with van der Waals surface area (Å²) in [5.41, 5.74) is 10.4. The number of aromatic nitrogens is 2. The lowest BCUT2D eigenvalue weighted by Gasteiger charge is -2.56. The van der Waals surface area contributed by atoms with E-state index in [1.165, 1.54) is 23.6 Å². The molecule has 0 radical (unpaired) electrons. The molecule has 0 unspecified atom stereocenters. The van der Waals surface area contributed by atoms with E-state index < -0.39 is 26.4 Å². The standard InChI is InChI=1S/C53H61N9O9S/c1-31-5-2-3-6-39(31)41-7-4-15-60(41)36-23-53(24-36)12-16-58(17-13-53)42-9-8-40(50(54)63)48(61-25-33-28-68-18-11-45(33)71-52-44(61)19-32-10-14-55-51(32)57-52)49(42)72(66,67)38-21-43(62(64)65)47-46(22-38)70-29-34(56-47)26-59-27-37-20-35(59)30-69-37/h2-3,5-6,8-10,14,19,21-22,33-37,41,45,56H,4,7,11-13,15-18,20,23-30H2,1H3,(H2,54,63)(H,55,57)/t33-,34-,35+,37+,41-,45+/m0/s1. The molecule has 6 atom stereocenters. The smallest absolute Gasteiger partial charge is 0.297 e. The van der Waals surface area contributed by atoms with Gasteiger partial charge >= 0.3 is 0 Å². The number of nitro benzene ring substituents is 1. The number of pyridine rings is 1. The molecular weight excluding hydrogens is 939 g/mol. The molecule has 5 aromatic rings. The number of ether oxygens (including phenoxy) is 4. The van der Waals surface area contributed by atoms with Gasteiger partial charge in [0.25, 0.3) is 11.6 Å². The van der Waals surface area contributed by atoms with Crippen LogP contribution in [0.2, 0.25) is 0 Å². The molecule has 4 N–H and O–H groups in total. The van der Waals surface area contributed by atoms with Crippen molar-refractivity contribution in [1.82, 2.24) is 19.8 Å². The third-order valence-corrected chi connectivity index (χ3v) is 19.2. The van der Waals surface area contributed by atoms with Crippen molar-refractivity contribution >= 4 is 55.2 Å². The Balaban J connectivity index is 0.896. The summed E-state index contributed by atoms with van der Waals surface area (Å²) in [6, 6.07) is 19.2. The van der Waals surface area contributed by atoms with E-state index in [4.69, 9.17) is 29.7 Å². The van der Waals surface area contributed by atoms with Crippen molar-refractivity contribution < 1.29 is 37.1 Å². The Bertz CT molecular complexity index is 3100. The van der Waals surface area contributed by atoms with Crippen molar-refractivity contribution in [2.24, 2.45) is 17.1 Å². The molecule has 18 nitrogen and oxygen atoms in total. The second kappa shape index (κ2) is 17.6. The highest BCUT2D eigenvalue weighted by molar-refractivity contribution is 7.91. The van der Waals surface area contributed by atoms with Gasteiger partial charge in [0, 0.05) is 86.9 Å². The summed E-state index contributed by atoms with van der Waals surface area (Å²) in [5, 5.41) is 17.2. The predicted molar refractivity (Wildman–Crippen MR) is 269 cm³/mol. The van der Waals surface area contributed by atoms with Gasteiger partial charge in [-0.2, -0.15) is 4.98 Å². The van der Waals surface area contributed by atoms with Crippen molar-refractivity contribution in [3.05, 3.63) is 93.7 Å². The first kappa shape index (κ1) is 45.8. The number of carbonyl (C=O) groups excluding carboxylic acids is 1. The minimum Gasteiger partial charge on any atom is -0.489 e. The minimum atomic E-state index is -4.76. The number of benzene rings is 3. The predicted octanol–water partition coefficient (Wildman–Crippen LogP) is 6.88. The Morgan fingerprint density at radius 1 is 0.986 bits per heavy atom. The zero-order valence-corrected chi connectivity index (χ0v) is 41.3.